The van der Waals surface area contributed by atoms with Gasteiger partial charge in [-0.15, -0.1) is 0 Å². The third-order valence-corrected chi connectivity index (χ3v) is 5.17. The zero-order chi connectivity index (χ0) is 18.8. The van der Waals surface area contributed by atoms with Gasteiger partial charge in [-0.1, -0.05) is 6.92 Å². The van der Waals surface area contributed by atoms with Crippen LogP contribution in [0, 0.1) is 0 Å². The zero-order valence-corrected chi connectivity index (χ0v) is 16.1. The molecule has 0 amide bonds. The van der Waals surface area contributed by atoms with Crippen LogP contribution in [0.1, 0.15) is 31.2 Å². The molecule has 1 aliphatic heterocycles. The Balaban J connectivity index is 1.62. The van der Waals surface area contributed by atoms with Crippen LogP contribution < -0.4 is 20.1 Å². The summed E-state index contributed by atoms with van der Waals surface area (Å²) in [6.45, 7) is 3.55. The van der Waals surface area contributed by atoms with Gasteiger partial charge in [-0.3, -0.25) is 0 Å². The maximum absolute atomic E-state index is 5.45. The molecule has 0 bridgehead atoms. The summed E-state index contributed by atoms with van der Waals surface area (Å²) in [6, 6.07) is 10.0. The van der Waals surface area contributed by atoms with Gasteiger partial charge in [0.2, 0.25) is 6.79 Å². The Morgan fingerprint density at radius 2 is 2.04 bits per heavy atom. The van der Waals surface area contributed by atoms with Crippen molar-refractivity contribution in [2.45, 2.75) is 25.7 Å². The summed E-state index contributed by atoms with van der Waals surface area (Å²) in [5.74, 6) is 2.90. The molecule has 4 rings (SSSR count). The Kier molecular flexibility index (Phi) is 4.90. The van der Waals surface area contributed by atoms with Gasteiger partial charge < -0.3 is 24.7 Å². The summed E-state index contributed by atoms with van der Waals surface area (Å²) in [7, 11) is 4.07. The minimum absolute atomic E-state index is 0.279. The van der Waals surface area contributed by atoms with Gasteiger partial charge in [-0.05, 0) is 62.2 Å². The van der Waals surface area contributed by atoms with Crippen LogP contribution in [0.15, 0.2) is 36.5 Å². The van der Waals surface area contributed by atoms with Gasteiger partial charge in [-0.25, -0.2) is 4.98 Å². The molecular weight excluding hydrogens is 340 g/mol. The van der Waals surface area contributed by atoms with E-state index in [9.17, 15) is 0 Å². The number of aryl methyl sites for hydroxylation is 1. The number of aromatic nitrogens is 2. The highest BCUT2D eigenvalue weighted by molar-refractivity contribution is 5.83. The average molecular weight is 366 g/mol. The van der Waals surface area contributed by atoms with E-state index >= 15 is 0 Å². The SMILES string of the molecule is CCC(CCNC)c1cn(C)c2nc(Nc3ccc4c(c3)OCO4)ccc12. The Morgan fingerprint density at radius 1 is 1.19 bits per heavy atom. The van der Waals surface area contributed by atoms with E-state index in [4.69, 9.17) is 14.5 Å². The van der Waals surface area contributed by atoms with Gasteiger partial charge in [-0.2, -0.15) is 0 Å². The van der Waals surface area contributed by atoms with Crippen molar-refractivity contribution in [1.82, 2.24) is 14.9 Å². The summed E-state index contributed by atoms with van der Waals surface area (Å²) in [4.78, 5) is 4.85. The number of pyridine rings is 1. The molecule has 142 valence electrons. The fraction of sp³-hybridized carbons (Fsp3) is 0.381. The molecule has 0 fully saturated rings. The molecule has 0 saturated carbocycles. The Morgan fingerprint density at radius 3 is 2.85 bits per heavy atom. The topological polar surface area (TPSA) is 60.3 Å². The highest BCUT2D eigenvalue weighted by Gasteiger charge is 2.17. The second kappa shape index (κ2) is 7.48. The fourth-order valence-corrected chi connectivity index (χ4v) is 3.70. The standard InChI is InChI=1S/C21H26N4O2/c1-4-14(9-10-22-2)17-12-25(3)21-16(17)6-8-20(24-21)23-15-5-7-18-19(11-15)27-13-26-18/h5-8,11-12,14,22H,4,9-10,13H2,1-3H3,(H,23,24). The van der Waals surface area contributed by atoms with Crippen LogP contribution in [-0.4, -0.2) is 29.9 Å². The van der Waals surface area contributed by atoms with Crippen molar-refractivity contribution in [3.05, 3.63) is 42.1 Å². The van der Waals surface area contributed by atoms with Crippen molar-refractivity contribution in [1.29, 1.82) is 0 Å². The summed E-state index contributed by atoms with van der Waals surface area (Å²) in [5, 5.41) is 7.86. The van der Waals surface area contributed by atoms with Crippen LogP contribution in [0.25, 0.3) is 11.0 Å². The fourth-order valence-electron chi connectivity index (χ4n) is 3.70. The summed E-state index contributed by atoms with van der Waals surface area (Å²) in [5.41, 5.74) is 3.31. The van der Waals surface area contributed by atoms with Gasteiger partial charge in [0.15, 0.2) is 11.5 Å². The van der Waals surface area contributed by atoms with Crippen LogP contribution in [0.4, 0.5) is 11.5 Å². The van der Waals surface area contributed by atoms with Crippen molar-refractivity contribution in [3.63, 3.8) is 0 Å². The quantitative estimate of drug-likeness (QED) is 0.658. The van der Waals surface area contributed by atoms with Crippen molar-refractivity contribution in [2.24, 2.45) is 7.05 Å². The molecule has 3 heterocycles. The second-order valence-corrected chi connectivity index (χ2v) is 6.95. The second-order valence-electron chi connectivity index (χ2n) is 6.95. The molecule has 27 heavy (non-hydrogen) atoms. The molecular formula is C21H26N4O2. The largest absolute Gasteiger partial charge is 0.454 e. The molecule has 0 saturated heterocycles. The van der Waals surface area contributed by atoms with Gasteiger partial charge >= 0.3 is 0 Å². The number of nitrogens with one attached hydrogen (secondary N) is 2. The molecule has 2 N–H and O–H groups in total. The molecule has 2 aromatic heterocycles. The van der Waals surface area contributed by atoms with E-state index in [1.54, 1.807) is 0 Å². The lowest BCUT2D eigenvalue weighted by atomic mass is 9.93. The first-order valence-corrected chi connectivity index (χ1v) is 9.47. The zero-order valence-electron chi connectivity index (χ0n) is 16.1. The average Bonchev–Trinajstić information content (AvgIpc) is 3.27. The van der Waals surface area contributed by atoms with Gasteiger partial charge in [0.05, 0.1) is 0 Å². The van der Waals surface area contributed by atoms with Crippen molar-refractivity contribution >= 4 is 22.5 Å². The first-order valence-electron chi connectivity index (χ1n) is 9.47. The smallest absolute Gasteiger partial charge is 0.231 e. The van der Waals surface area contributed by atoms with Crippen LogP contribution in [-0.2, 0) is 7.05 Å². The minimum atomic E-state index is 0.279. The number of rotatable bonds is 7. The number of fused-ring (bicyclic) bond motifs is 2. The Hall–Kier alpha value is -2.73. The van der Waals surface area contributed by atoms with Crippen molar-refractivity contribution in [2.75, 3.05) is 25.7 Å². The molecule has 0 radical (unpaired) electrons. The van der Waals surface area contributed by atoms with E-state index in [2.05, 4.69) is 41.4 Å². The maximum atomic E-state index is 5.45. The summed E-state index contributed by atoms with van der Waals surface area (Å²) >= 11 is 0. The van der Waals surface area contributed by atoms with Gasteiger partial charge in [0.25, 0.3) is 0 Å². The van der Waals surface area contributed by atoms with E-state index in [-0.39, 0.29) is 6.79 Å². The summed E-state index contributed by atoms with van der Waals surface area (Å²) in [6.07, 6.45) is 4.48. The number of hydrogen-bond acceptors (Lipinski definition) is 5. The van der Waals surface area contributed by atoms with E-state index in [0.29, 0.717) is 5.92 Å². The van der Waals surface area contributed by atoms with E-state index < -0.39 is 0 Å². The molecule has 1 atom stereocenters. The number of ether oxygens (including phenoxy) is 2. The van der Waals surface area contributed by atoms with Gasteiger partial charge in [0.1, 0.15) is 11.5 Å². The monoisotopic (exact) mass is 366 g/mol. The predicted octanol–water partition coefficient (Wildman–Crippen LogP) is 4.15. The molecule has 0 spiro atoms. The predicted molar refractivity (Wildman–Crippen MR) is 108 cm³/mol. The van der Waals surface area contributed by atoms with Crippen LogP contribution in [0.5, 0.6) is 11.5 Å². The number of anilines is 2. The lowest BCUT2D eigenvalue weighted by molar-refractivity contribution is 0.174. The first kappa shape index (κ1) is 17.7. The van der Waals surface area contributed by atoms with Gasteiger partial charge in [0, 0.05) is 30.4 Å². The molecule has 1 aromatic carbocycles. The normalized spacial score (nSPS) is 13.9. The lowest BCUT2D eigenvalue weighted by Gasteiger charge is -2.14. The Bertz CT molecular complexity index is 951. The maximum Gasteiger partial charge on any atom is 0.231 e. The number of nitrogens with zero attached hydrogens (tertiary/aromatic N) is 2. The van der Waals surface area contributed by atoms with Crippen LogP contribution >= 0.6 is 0 Å². The lowest BCUT2D eigenvalue weighted by Crippen LogP contribution is -2.11. The molecule has 1 aliphatic rings. The highest BCUT2D eigenvalue weighted by Crippen LogP contribution is 2.36. The van der Waals surface area contributed by atoms with Crippen LogP contribution in [0.2, 0.25) is 0 Å². The van der Waals surface area contributed by atoms with E-state index in [1.165, 1.54) is 10.9 Å². The third kappa shape index (κ3) is 3.45. The van der Waals surface area contributed by atoms with Crippen molar-refractivity contribution < 1.29 is 9.47 Å². The molecule has 1 unspecified atom stereocenters. The molecule has 3 aromatic rings. The Labute approximate surface area is 159 Å². The first-order chi connectivity index (χ1) is 13.2. The van der Waals surface area contributed by atoms with E-state index in [1.807, 2.05) is 31.3 Å². The number of benzene rings is 1. The molecule has 0 aliphatic carbocycles. The number of hydrogen-bond donors (Lipinski definition) is 2. The minimum Gasteiger partial charge on any atom is -0.454 e. The van der Waals surface area contributed by atoms with Crippen LogP contribution in [0.3, 0.4) is 0 Å². The third-order valence-electron chi connectivity index (χ3n) is 5.17. The summed E-state index contributed by atoms with van der Waals surface area (Å²) < 4.78 is 12.9. The molecule has 6 heteroatoms. The highest BCUT2D eigenvalue weighted by atomic mass is 16.7. The molecule has 6 nitrogen and oxygen atoms in total. The van der Waals surface area contributed by atoms with Crippen molar-refractivity contribution in [3.8, 4) is 11.5 Å². The van der Waals surface area contributed by atoms with E-state index in [0.717, 1.165) is 48.0 Å².